The van der Waals surface area contributed by atoms with Crippen LogP contribution in [0.1, 0.15) is 25.7 Å². The lowest BCUT2D eigenvalue weighted by atomic mass is 10.1. The fourth-order valence-electron chi connectivity index (χ4n) is 4.54. The number of piperidine rings is 1. The molecule has 5 nitrogen and oxygen atoms in total. The number of nitrogens with zero attached hydrogens (tertiary/aromatic N) is 4. The zero-order valence-electron chi connectivity index (χ0n) is 16.6. The summed E-state index contributed by atoms with van der Waals surface area (Å²) in [6.07, 6.45) is 5.84. The van der Waals surface area contributed by atoms with Gasteiger partial charge in [-0.25, -0.2) is 9.97 Å². The lowest BCUT2D eigenvalue weighted by Gasteiger charge is -2.29. The fourth-order valence-corrected chi connectivity index (χ4v) is 4.54. The first kappa shape index (κ1) is 18.1. The Hall–Kier alpha value is -2.95. The molecule has 1 aromatic heterocycles. The summed E-state index contributed by atoms with van der Waals surface area (Å²) < 4.78 is 0. The molecule has 0 aliphatic carbocycles. The maximum Gasteiger partial charge on any atom is 0.225 e. The number of rotatable bonds is 4. The Kier molecular flexibility index (Phi) is 4.88. The molecule has 2 saturated heterocycles. The van der Waals surface area contributed by atoms with Gasteiger partial charge in [0.25, 0.3) is 0 Å². The van der Waals surface area contributed by atoms with E-state index in [-0.39, 0.29) is 0 Å². The Morgan fingerprint density at radius 3 is 2.79 bits per heavy atom. The highest BCUT2D eigenvalue weighted by molar-refractivity contribution is 5.86. The molecule has 5 heteroatoms. The van der Waals surface area contributed by atoms with Crippen LogP contribution < -0.4 is 4.90 Å². The number of anilines is 1. The van der Waals surface area contributed by atoms with E-state index >= 15 is 0 Å². The SMILES string of the molecule is O=C1CCCCN1C[C@H]1CCN(c2nccc(-c3ccc4ccccc4c3)n2)C1. The van der Waals surface area contributed by atoms with Gasteiger partial charge in [-0.3, -0.25) is 4.79 Å². The Morgan fingerprint density at radius 2 is 1.90 bits per heavy atom. The zero-order valence-corrected chi connectivity index (χ0v) is 16.6. The molecule has 0 bridgehead atoms. The number of hydrogen-bond donors (Lipinski definition) is 0. The number of hydrogen-bond acceptors (Lipinski definition) is 4. The van der Waals surface area contributed by atoms with Crippen LogP contribution in [0, 0.1) is 5.92 Å². The van der Waals surface area contributed by atoms with Gasteiger partial charge < -0.3 is 9.80 Å². The van der Waals surface area contributed by atoms with Crippen molar-refractivity contribution in [3.05, 3.63) is 54.7 Å². The number of aromatic nitrogens is 2. The van der Waals surface area contributed by atoms with Gasteiger partial charge >= 0.3 is 0 Å². The molecule has 2 fully saturated rings. The van der Waals surface area contributed by atoms with Crippen molar-refractivity contribution in [1.29, 1.82) is 0 Å². The van der Waals surface area contributed by atoms with Crippen LogP contribution in [0.3, 0.4) is 0 Å². The summed E-state index contributed by atoms with van der Waals surface area (Å²) in [5.74, 6) is 1.62. The molecular formula is C24H26N4O. The quantitative estimate of drug-likeness (QED) is 0.676. The molecule has 5 rings (SSSR count). The van der Waals surface area contributed by atoms with E-state index in [1.165, 1.54) is 10.8 Å². The van der Waals surface area contributed by atoms with Crippen molar-refractivity contribution in [1.82, 2.24) is 14.9 Å². The van der Waals surface area contributed by atoms with Crippen molar-refractivity contribution in [3.63, 3.8) is 0 Å². The molecule has 29 heavy (non-hydrogen) atoms. The molecule has 3 aromatic rings. The molecule has 148 valence electrons. The van der Waals surface area contributed by atoms with Crippen LogP contribution in [0.4, 0.5) is 5.95 Å². The lowest BCUT2D eigenvalue weighted by Crippen LogP contribution is -2.39. The molecule has 2 aliphatic rings. The second-order valence-electron chi connectivity index (χ2n) is 8.20. The third kappa shape index (κ3) is 3.82. The van der Waals surface area contributed by atoms with Crippen molar-refractivity contribution >= 4 is 22.6 Å². The Bertz CT molecular complexity index is 1030. The zero-order chi connectivity index (χ0) is 19.6. The van der Waals surface area contributed by atoms with Gasteiger partial charge in [0.05, 0.1) is 5.69 Å². The summed E-state index contributed by atoms with van der Waals surface area (Å²) in [6, 6.07) is 16.8. The molecule has 0 radical (unpaired) electrons. The molecule has 0 spiro atoms. The summed E-state index contributed by atoms with van der Waals surface area (Å²) in [4.78, 5) is 25.8. The van der Waals surface area contributed by atoms with Crippen LogP contribution in [0.5, 0.6) is 0 Å². The summed E-state index contributed by atoms with van der Waals surface area (Å²) in [5.41, 5.74) is 2.07. The van der Waals surface area contributed by atoms with Gasteiger partial charge in [-0.2, -0.15) is 0 Å². The van der Waals surface area contributed by atoms with Gasteiger partial charge in [-0.05, 0) is 48.1 Å². The third-order valence-electron chi connectivity index (χ3n) is 6.16. The second-order valence-corrected chi connectivity index (χ2v) is 8.20. The van der Waals surface area contributed by atoms with Gasteiger partial charge in [-0.15, -0.1) is 0 Å². The number of fused-ring (bicyclic) bond motifs is 1. The van der Waals surface area contributed by atoms with Crippen molar-refractivity contribution in [2.75, 3.05) is 31.1 Å². The number of carbonyl (C=O) groups is 1. The topological polar surface area (TPSA) is 49.3 Å². The van der Waals surface area contributed by atoms with Crippen molar-refractivity contribution < 1.29 is 4.79 Å². The van der Waals surface area contributed by atoms with Gasteiger partial charge in [0.15, 0.2) is 0 Å². The van der Waals surface area contributed by atoms with Crippen LogP contribution in [0.2, 0.25) is 0 Å². The van der Waals surface area contributed by atoms with Gasteiger partial charge in [0.2, 0.25) is 11.9 Å². The van der Waals surface area contributed by atoms with Crippen LogP contribution >= 0.6 is 0 Å². The van der Waals surface area contributed by atoms with Gasteiger partial charge in [0.1, 0.15) is 0 Å². The highest BCUT2D eigenvalue weighted by Gasteiger charge is 2.28. The molecule has 2 aromatic carbocycles. The van der Waals surface area contributed by atoms with Crippen molar-refractivity contribution in [2.45, 2.75) is 25.7 Å². The molecule has 1 atom stereocenters. The molecule has 1 amide bonds. The van der Waals surface area contributed by atoms with E-state index in [4.69, 9.17) is 4.98 Å². The Labute approximate surface area is 171 Å². The first-order valence-corrected chi connectivity index (χ1v) is 10.6. The molecule has 2 aliphatic heterocycles. The maximum absolute atomic E-state index is 12.1. The number of carbonyl (C=O) groups excluding carboxylic acids is 1. The minimum atomic E-state index is 0.323. The minimum Gasteiger partial charge on any atom is -0.342 e. The van der Waals surface area contributed by atoms with E-state index in [0.717, 1.165) is 62.6 Å². The molecule has 3 heterocycles. The van der Waals surface area contributed by atoms with Crippen LogP contribution in [-0.4, -0.2) is 47.0 Å². The second kappa shape index (κ2) is 7.82. The smallest absolute Gasteiger partial charge is 0.225 e. The van der Waals surface area contributed by atoms with E-state index in [1.807, 2.05) is 12.3 Å². The highest BCUT2D eigenvalue weighted by Crippen LogP contribution is 2.27. The maximum atomic E-state index is 12.1. The molecular weight excluding hydrogens is 360 g/mol. The predicted molar refractivity (Wildman–Crippen MR) is 116 cm³/mol. The average molecular weight is 386 g/mol. The number of benzene rings is 2. The highest BCUT2D eigenvalue weighted by atomic mass is 16.2. The van der Waals surface area contributed by atoms with E-state index < -0.39 is 0 Å². The summed E-state index contributed by atoms with van der Waals surface area (Å²) in [5, 5.41) is 2.46. The third-order valence-corrected chi connectivity index (χ3v) is 6.16. The van der Waals surface area contributed by atoms with E-state index in [9.17, 15) is 4.79 Å². The normalized spacial score (nSPS) is 19.9. The number of amides is 1. The first-order valence-electron chi connectivity index (χ1n) is 10.6. The summed E-state index contributed by atoms with van der Waals surface area (Å²) in [6.45, 7) is 3.67. The van der Waals surface area contributed by atoms with E-state index in [0.29, 0.717) is 18.2 Å². The van der Waals surface area contributed by atoms with Crippen LogP contribution in [0.15, 0.2) is 54.7 Å². The monoisotopic (exact) mass is 386 g/mol. The minimum absolute atomic E-state index is 0.323. The van der Waals surface area contributed by atoms with Crippen molar-refractivity contribution in [2.24, 2.45) is 5.92 Å². The van der Waals surface area contributed by atoms with Gasteiger partial charge in [-0.1, -0.05) is 36.4 Å². The molecule has 0 N–H and O–H groups in total. The first-order chi connectivity index (χ1) is 14.3. The van der Waals surface area contributed by atoms with E-state index in [1.54, 1.807) is 0 Å². The molecule has 0 unspecified atom stereocenters. The summed E-state index contributed by atoms with van der Waals surface area (Å²) in [7, 11) is 0. The number of likely N-dealkylation sites (tertiary alicyclic amines) is 1. The van der Waals surface area contributed by atoms with Crippen LogP contribution in [-0.2, 0) is 4.79 Å². The standard InChI is InChI=1S/C24H26N4O/c29-23-7-3-4-13-27(23)16-18-11-14-28(17-18)24-25-12-10-22(26-24)21-9-8-19-5-1-2-6-20(19)15-21/h1-2,5-6,8-10,12,15,18H,3-4,7,11,13-14,16-17H2/t18-/m1/s1. The Balaban J connectivity index is 1.31. The average Bonchev–Trinajstić information content (AvgIpc) is 3.24. The fraction of sp³-hybridized carbons (Fsp3) is 0.375. The largest absolute Gasteiger partial charge is 0.342 e. The van der Waals surface area contributed by atoms with Crippen molar-refractivity contribution in [3.8, 4) is 11.3 Å². The van der Waals surface area contributed by atoms with Gasteiger partial charge in [0, 0.05) is 44.4 Å². The lowest BCUT2D eigenvalue weighted by molar-refractivity contribution is -0.133. The Morgan fingerprint density at radius 1 is 1.00 bits per heavy atom. The molecule has 0 saturated carbocycles. The van der Waals surface area contributed by atoms with E-state index in [2.05, 4.69) is 57.2 Å². The summed E-state index contributed by atoms with van der Waals surface area (Å²) >= 11 is 0. The van der Waals surface area contributed by atoms with Crippen LogP contribution in [0.25, 0.3) is 22.0 Å². The predicted octanol–water partition coefficient (Wildman–Crippen LogP) is 4.14.